The van der Waals surface area contributed by atoms with Crippen molar-refractivity contribution in [3.05, 3.63) is 107 Å². The quantitative estimate of drug-likeness (QED) is 0.464. The van der Waals surface area contributed by atoms with E-state index in [0.29, 0.717) is 5.56 Å². The van der Waals surface area contributed by atoms with Gasteiger partial charge in [-0.3, -0.25) is 24.1 Å². The van der Waals surface area contributed by atoms with Gasteiger partial charge >= 0.3 is 0 Å². The fourth-order valence-corrected chi connectivity index (χ4v) is 5.44. The van der Waals surface area contributed by atoms with Crippen LogP contribution >= 0.6 is 0 Å². The second-order valence-corrected chi connectivity index (χ2v) is 8.64. The summed E-state index contributed by atoms with van der Waals surface area (Å²) in [6.45, 7) is 0.0818. The molecule has 0 saturated carbocycles. The minimum absolute atomic E-state index is 0.0818. The zero-order valence-electron chi connectivity index (χ0n) is 17.5. The van der Waals surface area contributed by atoms with Crippen LogP contribution in [0.25, 0.3) is 0 Å². The third kappa shape index (κ3) is 2.58. The third-order valence-electron chi connectivity index (χ3n) is 6.92. The Bertz CT molecular complexity index is 1280. The van der Waals surface area contributed by atoms with Gasteiger partial charge in [0.15, 0.2) is 0 Å². The summed E-state index contributed by atoms with van der Waals surface area (Å²) in [5.41, 5.74) is -0.109. The standard InChI is InChI=1S/C27H19NO5/c29-23-18-13-7-8-14-19(18)24(30)27(23)21-20(22(33-27)17-11-5-2-6-12-17)25(31)28(26(21)32)15-16-9-3-1-4-10-16/h1-14,20-22H,15H2/t20-,21-,22+/m1/s1. The first kappa shape index (κ1) is 19.8. The Labute approximate surface area is 189 Å². The van der Waals surface area contributed by atoms with Crippen LogP contribution in [-0.2, 0) is 20.9 Å². The fraction of sp³-hybridized carbons (Fsp3) is 0.185. The van der Waals surface area contributed by atoms with Crippen LogP contribution in [-0.4, -0.2) is 33.9 Å². The minimum atomic E-state index is -2.02. The molecular formula is C27H19NO5. The van der Waals surface area contributed by atoms with Crippen LogP contribution in [0, 0.1) is 11.8 Å². The van der Waals surface area contributed by atoms with Gasteiger partial charge in [0, 0.05) is 11.1 Å². The number of benzene rings is 3. The van der Waals surface area contributed by atoms with Crippen LogP contribution in [0.1, 0.15) is 37.9 Å². The highest BCUT2D eigenvalue weighted by molar-refractivity contribution is 6.35. The number of carbonyl (C=O) groups excluding carboxylic acids is 4. The molecule has 6 heteroatoms. The molecule has 0 bridgehead atoms. The Hall–Kier alpha value is -3.90. The van der Waals surface area contributed by atoms with Crippen LogP contribution in [0.5, 0.6) is 0 Å². The van der Waals surface area contributed by atoms with Gasteiger partial charge in [0.2, 0.25) is 29.0 Å². The molecule has 33 heavy (non-hydrogen) atoms. The molecular weight excluding hydrogens is 418 g/mol. The van der Waals surface area contributed by atoms with Crippen molar-refractivity contribution in [2.75, 3.05) is 0 Å². The van der Waals surface area contributed by atoms with Crippen molar-refractivity contribution in [1.82, 2.24) is 4.90 Å². The summed E-state index contributed by atoms with van der Waals surface area (Å²) in [5, 5.41) is 0. The predicted octanol–water partition coefficient (Wildman–Crippen LogP) is 3.38. The first-order valence-corrected chi connectivity index (χ1v) is 10.8. The zero-order chi connectivity index (χ0) is 22.7. The number of fused-ring (bicyclic) bond motifs is 3. The summed E-state index contributed by atoms with van der Waals surface area (Å²) in [6, 6.07) is 24.7. The van der Waals surface area contributed by atoms with E-state index < -0.39 is 46.9 Å². The number of Topliss-reactive ketones (excluding diaryl/α,β-unsaturated/α-hetero) is 2. The molecule has 2 aliphatic heterocycles. The van der Waals surface area contributed by atoms with E-state index in [9.17, 15) is 19.2 Å². The molecule has 2 fully saturated rings. The van der Waals surface area contributed by atoms with Crippen LogP contribution < -0.4 is 0 Å². The first-order chi connectivity index (χ1) is 16.0. The summed E-state index contributed by atoms with van der Waals surface area (Å²) in [7, 11) is 0. The second kappa shape index (κ2) is 7.05. The van der Waals surface area contributed by atoms with Crippen LogP contribution in [0.15, 0.2) is 84.9 Å². The van der Waals surface area contributed by atoms with E-state index in [4.69, 9.17) is 4.74 Å². The van der Waals surface area contributed by atoms with Crippen molar-refractivity contribution in [2.45, 2.75) is 18.2 Å². The average molecular weight is 437 g/mol. The van der Waals surface area contributed by atoms with E-state index in [1.165, 1.54) is 4.90 Å². The lowest BCUT2D eigenvalue weighted by molar-refractivity contribution is -0.145. The van der Waals surface area contributed by atoms with Gasteiger partial charge < -0.3 is 4.74 Å². The van der Waals surface area contributed by atoms with Crippen molar-refractivity contribution in [3.8, 4) is 0 Å². The van der Waals surface area contributed by atoms with E-state index in [1.807, 2.05) is 36.4 Å². The number of hydrogen-bond donors (Lipinski definition) is 0. The van der Waals surface area contributed by atoms with Gasteiger partial charge in [-0.25, -0.2) is 0 Å². The number of ether oxygens (including phenoxy) is 1. The number of ketones is 2. The molecule has 162 valence electrons. The highest BCUT2D eigenvalue weighted by Gasteiger charge is 2.74. The molecule has 3 aromatic rings. The summed E-state index contributed by atoms with van der Waals surface area (Å²) in [4.78, 5) is 55.8. The smallest absolute Gasteiger partial charge is 0.237 e. The fourth-order valence-electron chi connectivity index (χ4n) is 5.44. The molecule has 3 atom stereocenters. The summed E-state index contributed by atoms with van der Waals surface area (Å²) in [6.07, 6.45) is -0.879. The first-order valence-electron chi connectivity index (χ1n) is 10.8. The normalized spacial score (nSPS) is 25.1. The number of rotatable bonds is 3. The average Bonchev–Trinajstić information content (AvgIpc) is 3.42. The highest BCUT2D eigenvalue weighted by atomic mass is 16.5. The van der Waals surface area contributed by atoms with Gasteiger partial charge in [-0.05, 0) is 11.1 Å². The lowest BCUT2D eigenvalue weighted by Crippen LogP contribution is -2.50. The molecule has 0 N–H and O–H groups in total. The van der Waals surface area contributed by atoms with Crippen molar-refractivity contribution in [2.24, 2.45) is 11.8 Å². The second-order valence-electron chi connectivity index (χ2n) is 8.64. The van der Waals surface area contributed by atoms with Crippen LogP contribution in [0.2, 0.25) is 0 Å². The number of amides is 2. The molecule has 0 radical (unpaired) electrons. The SMILES string of the molecule is O=C1[C@H]2[C@H](c3ccccc3)OC3(C(=O)c4ccccc4C3=O)[C@H]2C(=O)N1Cc1ccccc1. The van der Waals surface area contributed by atoms with Gasteiger partial charge in [0.25, 0.3) is 0 Å². The van der Waals surface area contributed by atoms with Crippen molar-refractivity contribution in [3.63, 3.8) is 0 Å². The predicted molar refractivity (Wildman–Crippen MR) is 117 cm³/mol. The molecule has 2 heterocycles. The van der Waals surface area contributed by atoms with E-state index in [0.717, 1.165) is 5.56 Å². The molecule has 6 rings (SSSR count). The number of hydrogen-bond acceptors (Lipinski definition) is 5. The number of imide groups is 1. The molecule has 3 aliphatic rings. The van der Waals surface area contributed by atoms with E-state index in [-0.39, 0.29) is 17.7 Å². The summed E-state index contributed by atoms with van der Waals surface area (Å²) >= 11 is 0. The zero-order valence-corrected chi connectivity index (χ0v) is 17.5. The molecule has 0 unspecified atom stereocenters. The van der Waals surface area contributed by atoms with Crippen molar-refractivity contribution < 1.29 is 23.9 Å². The Morgan fingerprint density at radius 1 is 0.697 bits per heavy atom. The molecule has 6 nitrogen and oxygen atoms in total. The lowest BCUT2D eigenvalue weighted by atomic mass is 9.77. The molecule has 1 spiro atoms. The lowest BCUT2D eigenvalue weighted by Gasteiger charge is -2.27. The molecule has 1 aliphatic carbocycles. The Balaban J connectivity index is 1.50. The molecule has 2 amide bonds. The topological polar surface area (TPSA) is 80.8 Å². The largest absolute Gasteiger partial charge is 0.349 e. The Morgan fingerprint density at radius 3 is 1.85 bits per heavy atom. The van der Waals surface area contributed by atoms with Gasteiger partial charge in [0.05, 0.1) is 24.5 Å². The van der Waals surface area contributed by atoms with Crippen LogP contribution in [0.3, 0.4) is 0 Å². The van der Waals surface area contributed by atoms with Gasteiger partial charge in [0.1, 0.15) is 0 Å². The number of nitrogens with zero attached hydrogens (tertiary/aromatic N) is 1. The van der Waals surface area contributed by atoms with Gasteiger partial charge in [-0.2, -0.15) is 0 Å². The monoisotopic (exact) mass is 437 g/mol. The molecule has 3 aromatic carbocycles. The van der Waals surface area contributed by atoms with Crippen LogP contribution in [0.4, 0.5) is 0 Å². The Morgan fingerprint density at radius 2 is 1.24 bits per heavy atom. The van der Waals surface area contributed by atoms with Crippen molar-refractivity contribution in [1.29, 1.82) is 0 Å². The number of likely N-dealkylation sites (tertiary alicyclic amines) is 1. The maximum absolute atomic E-state index is 13.7. The van der Waals surface area contributed by atoms with E-state index >= 15 is 0 Å². The van der Waals surface area contributed by atoms with Gasteiger partial charge in [-0.1, -0.05) is 84.9 Å². The van der Waals surface area contributed by atoms with Crippen molar-refractivity contribution >= 4 is 23.4 Å². The Kier molecular flexibility index (Phi) is 4.22. The number of carbonyl (C=O) groups is 4. The minimum Gasteiger partial charge on any atom is -0.349 e. The molecule has 0 aromatic heterocycles. The summed E-state index contributed by atoms with van der Waals surface area (Å²) < 4.78 is 6.24. The molecule has 2 saturated heterocycles. The maximum Gasteiger partial charge on any atom is 0.237 e. The maximum atomic E-state index is 13.7. The van der Waals surface area contributed by atoms with E-state index in [2.05, 4.69) is 0 Å². The third-order valence-corrected chi connectivity index (χ3v) is 6.92. The summed E-state index contributed by atoms with van der Waals surface area (Å²) in [5.74, 6) is -4.20. The van der Waals surface area contributed by atoms with E-state index in [1.54, 1.807) is 48.5 Å². The van der Waals surface area contributed by atoms with Gasteiger partial charge in [-0.15, -0.1) is 0 Å². The highest BCUT2D eigenvalue weighted by Crippen LogP contribution is 2.57.